The minimum Gasteiger partial charge on any atom is -0.362 e. The minimum atomic E-state index is -3.79. The normalized spacial score (nSPS) is 11.5. The van der Waals surface area contributed by atoms with Crippen molar-refractivity contribution in [2.45, 2.75) is 4.90 Å². The molecule has 0 radical (unpaired) electrons. The van der Waals surface area contributed by atoms with Crippen molar-refractivity contribution in [3.8, 4) is 0 Å². The lowest BCUT2D eigenvalue weighted by molar-refractivity contribution is 0.104. The number of anilines is 2. The highest BCUT2D eigenvalue weighted by atomic mass is 32.2. The SMILES string of the molecule is O=C(/C=C/Nc1ccc(S(=O)(=O)Nc2ncccn2)cc1)c1ccc2ccccc2c1. The largest absolute Gasteiger partial charge is 0.362 e. The molecule has 1 heterocycles. The van der Waals surface area contributed by atoms with E-state index in [4.69, 9.17) is 0 Å². The van der Waals surface area contributed by atoms with Gasteiger partial charge in [0.2, 0.25) is 5.95 Å². The van der Waals surface area contributed by atoms with E-state index in [2.05, 4.69) is 20.0 Å². The quantitative estimate of drug-likeness (QED) is 0.336. The molecule has 0 amide bonds. The molecule has 154 valence electrons. The second kappa shape index (κ2) is 8.76. The average Bonchev–Trinajstić information content (AvgIpc) is 2.79. The number of allylic oxidation sites excluding steroid dienone is 1. The van der Waals surface area contributed by atoms with Crippen molar-refractivity contribution in [2.75, 3.05) is 10.0 Å². The van der Waals surface area contributed by atoms with Crippen molar-refractivity contribution >= 4 is 38.2 Å². The highest BCUT2D eigenvalue weighted by Gasteiger charge is 2.15. The van der Waals surface area contributed by atoms with Gasteiger partial charge in [-0.3, -0.25) is 4.79 Å². The Labute approximate surface area is 179 Å². The van der Waals surface area contributed by atoms with E-state index in [-0.39, 0.29) is 16.6 Å². The molecule has 0 saturated carbocycles. The molecule has 1 aromatic heterocycles. The van der Waals surface area contributed by atoms with Crippen LogP contribution in [-0.2, 0) is 10.0 Å². The third kappa shape index (κ3) is 4.93. The van der Waals surface area contributed by atoms with Gasteiger partial charge in [0.15, 0.2) is 5.78 Å². The van der Waals surface area contributed by atoms with E-state index < -0.39 is 10.0 Å². The standard InChI is InChI=1S/C23H18N4O3S/c28-22(19-7-6-17-4-1-2-5-18(17)16-19)12-15-24-20-8-10-21(11-9-20)31(29,30)27-23-25-13-3-14-26-23/h1-16,24H,(H,25,26,27)/b15-12+. The van der Waals surface area contributed by atoms with E-state index in [0.717, 1.165) is 10.8 Å². The van der Waals surface area contributed by atoms with Gasteiger partial charge >= 0.3 is 0 Å². The first-order valence-electron chi connectivity index (χ1n) is 9.37. The number of fused-ring (bicyclic) bond motifs is 1. The molecule has 0 bridgehead atoms. The van der Waals surface area contributed by atoms with Crippen LogP contribution in [0.15, 0.2) is 102 Å². The van der Waals surface area contributed by atoms with Gasteiger partial charge in [-0.2, -0.15) is 0 Å². The third-order valence-electron chi connectivity index (χ3n) is 4.47. The highest BCUT2D eigenvalue weighted by molar-refractivity contribution is 7.92. The summed E-state index contributed by atoms with van der Waals surface area (Å²) in [5.74, 6) is -0.135. The molecule has 0 atom stereocenters. The maximum absolute atomic E-state index is 12.4. The second-order valence-corrected chi connectivity index (χ2v) is 8.29. The Morgan fingerprint density at radius 3 is 2.29 bits per heavy atom. The molecule has 4 aromatic rings. The van der Waals surface area contributed by atoms with Crippen molar-refractivity contribution in [3.05, 3.63) is 103 Å². The van der Waals surface area contributed by atoms with Crippen molar-refractivity contribution in [2.24, 2.45) is 0 Å². The van der Waals surface area contributed by atoms with Crippen molar-refractivity contribution in [1.29, 1.82) is 0 Å². The molecule has 0 aliphatic heterocycles. The number of ketones is 1. The molecular weight excluding hydrogens is 412 g/mol. The summed E-state index contributed by atoms with van der Waals surface area (Å²) in [5.41, 5.74) is 1.23. The maximum atomic E-state index is 12.4. The van der Waals surface area contributed by atoms with Crippen LogP contribution in [-0.4, -0.2) is 24.2 Å². The summed E-state index contributed by atoms with van der Waals surface area (Å²) < 4.78 is 27.1. The zero-order valence-corrected chi connectivity index (χ0v) is 17.1. The average molecular weight is 430 g/mol. The summed E-state index contributed by atoms with van der Waals surface area (Å²) in [5, 5.41) is 5.04. The molecular formula is C23H18N4O3S. The van der Waals surface area contributed by atoms with E-state index in [1.165, 1.54) is 36.8 Å². The van der Waals surface area contributed by atoms with Crippen molar-refractivity contribution in [3.63, 3.8) is 0 Å². The fourth-order valence-corrected chi connectivity index (χ4v) is 3.87. The first-order valence-corrected chi connectivity index (χ1v) is 10.9. The van der Waals surface area contributed by atoms with Gasteiger partial charge in [-0.1, -0.05) is 36.4 Å². The predicted octanol–water partition coefficient (Wildman–Crippen LogP) is 4.24. The number of carbonyl (C=O) groups excluding carboxylic acids is 1. The fraction of sp³-hybridized carbons (Fsp3) is 0. The minimum absolute atomic E-state index is 0.000150. The summed E-state index contributed by atoms with van der Waals surface area (Å²) in [6.07, 6.45) is 5.85. The van der Waals surface area contributed by atoms with Crippen LogP contribution in [0.1, 0.15) is 10.4 Å². The molecule has 0 fully saturated rings. The molecule has 8 heteroatoms. The lowest BCUT2D eigenvalue weighted by Gasteiger charge is -2.07. The van der Waals surface area contributed by atoms with Gasteiger partial charge in [0, 0.05) is 35.9 Å². The van der Waals surface area contributed by atoms with Crippen LogP contribution in [0.2, 0.25) is 0 Å². The van der Waals surface area contributed by atoms with Gasteiger partial charge < -0.3 is 5.32 Å². The maximum Gasteiger partial charge on any atom is 0.264 e. The summed E-state index contributed by atoms with van der Waals surface area (Å²) in [4.78, 5) is 20.2. The zero-order valence-electron chi connectivity index (χ0n) is 16.3. The lowest BCUT2D eigenvalue weighted by atomic mass is 10.0. The number of rotatable bonds is 7. The fourth-order valence-electron chi connectivity index (χ4n) is 2.91. The van der Waals surface area contributed by atoms with Gasteiger partial charge in [0.05, 0.1) is 4.90 Å². The Morgan fingerprint density at radius 1 is 0.839 bits per heavy atom. The molecule has 0 aliphatic rings. The van der Waals surface area contributed by atoms with Crippen molar-refractivity contribution < 1.29 is 13.2 Å². The Balaban J connectivity index is 1.40. The summed E-state index contributed by atoms with van der Waals surface area (Å²) in [7, 11) is -3.79. The summed E-state index contributed by atoms with van der Waals surface area (Å²) in [6, 6.07) is 21.1. The van der Waals surface area contributed by atoms with Crippen LogP contribution in [0, 0.1) is 0 Å². The van der Waals surface area contributed by atoms with E-state index in [1.54, 1.807) is 24.3 Å². The van der Waals surface area contributed by atoms with E-state index in [9.17, 15) is 13.2 Å². The van der Waals surface area contributed by atoms with Gasteiger partial charge in [0.1, 0.15) is 0 Å². The highest BCUT2D eigenvalue weighted by Crippen LogP contribution is 2.18. The molecule has 7 nitrogen and oxygen atoms in total. The van der Waals surface area contributed by atoms with Crippen LogP contribution in [0.4, 0.5) is 11.6 Å². The van der Waals surface area contributed by atoms with Crippen LogP contribution >= 0.6 is 0 Å². The molecule has 3 aromatic carbocycles. The van der Waals surface area contributed by atoms with Crippen LogP contribution < -0.4 is 10.0 Å². The van der Waals surface area contributed by atoms with Gasteiger partial charge in [0.25, 0.3) is 10.0 Å². The Morgan fingerprint density at radius 2 is 1.55 bits per heavy atom. The number of carbonyl (C=O) groups is 1. The first-order chi connectivity index (χ1) is 15.0. The monoisotopic (exact) mass is 430 g/mol. The molecule has 2 N–H and O–H groups in total. The molecule has 0 unspecified atom stereocenters. The van der Waals surface area contributed by atoms with E-state index >= 15 is 0 Å². The van der Waals surface area contributed by atoms with E-state index in [0.29, 0.717) is 11.3 Å². The molecule has 0 spiro atoms. The topological polar surface area (TPSA) is 101 Å². The van der Waals surface area contributed by atoms with Crippen molar-refractivity contribution in [1.82, 2.24) is 9.97 Å². The van der Waals surface area contributed by atoms with Crippen LogP contribution in [0.25, 0.3) is 10.8 Å². The number of hydrogen-bond acceptors (Lipinski definition) is 6. The van der Waals surface area contributed by atoms with Gasteiger partial charge in [-0.05, 0) is 47.2 Å². The third-order valence-corrected chi connectivity index (χ3v) is 5.82. The Bertz CT molecular complexity index is 1350. The number of nitrogens with one attached hydrogen (secondary N) is 2. The number of aromatic nitrogens is 2. The number of nitrogens with zero attached hydrogens (tertiary/aromatic N) is 2. The van der Waals surface area contributed by atoms with Crippen LogP contribution in [0.5, 0.6) is 0 Å². The molecule has 4 rings (SSSR count). The first kappa shape index (κ1) is 20.2. The van der Waals surface area contributed by atoms with E-state index in [1.807, 2.05) is 36.4 Å². The zero-order chi connectivity index (χ0) is 21.7. The number of sulfonamides is 1. The molecule has 31 heavy (non-hydrogen) atoms. The Kier molecular flexibility index (Phi) is 5.72. The van der Waals surface area contributed by atoms with Gasteiger partial charge in [-0.15, -0.1) is 0 Å². The number of benzene rings is 3. The summed E-state index contributed by atoms with van der Waals surface area (Å²) >= 11 is 0. The predicted molar refractivity (Wildman–Crippen MR) is 120 cm³/mol. The summed E-state index contributed by atoms with van der Waals surface area (Å²) in [6.45, 7) is 0. The van der Waals surface area contributed by atoms with Crippen LogP contribution in [0.3, 0.4) is 0 Å². The Hall–Kier alpha value is -4.04. The molecule has 0 saturated heterocycles. The lowest BCUT2D eigenvalue weighted by Crippen LogP contribution is -2.14. The molecule has 0 aliphatic carbocycles. The number of hydrogen-bond donors (Lipinski definition) is 2. The second-order valence-electron chi connectivity index (χ2n) is 6.61. The smallest absolute Gasteiger partial charge is 0.264 e. The van der Waals surface area contributed by atoms with Gasteiger partial charge in [-0.25, -0.2) is 23.1 Å².